The molecule has 1 aromatic carbocycles. The van der Waals surface area contributed by atoms with E-state index in [1.54, 1.807) is 0 Å². The first-order valence-corrected chi connectivity index (χ1v) is 12.1. The SMILES string of the molecule is C=CCCC[C@@H](CCOCc1ccccc1)O[Si](C)(C)C(C)(C)C. The molecule has 1 rings (SSSR count). The van der Waals surface area contributed by atoms with Gasteiger partial charge in [-0.05, 0) is 49.4 Å². The Bertz CT molecular complexity index is 462. The molecule has 0 saturated carbocycles. The van der Waals surface area contributed by atoms with E-state index in [2.05, 4.69) is 64.7 Å². The average molecular weight is 349 g/mol. The van der Waals surface area contributed by atoms with Crippen LogP contribution in [0.15, 0.2) is 43.0 Å². The van der Waals surface area contributed by atoms with E-state index >= 15 is 0 Å². The van der Waals surface area contributed by atoms with Gasteiger partial charge in [-0.25, -0.2) is 0 Å². The highest BCUT2D eigenvalue weighted by Crippen LogP contribution is 2.38. The van der Waals surface area contributed by atoms with Crippen molar-refractivity contribution < 1.29 is 9.16 Å². The quantitative estimate of drug-likeness (QED) is 0.264. The van der Waals surface area contributed by atoms with E-state index in [1.165, 1.54) is 5.56 Å². The van der Waals surface area contributed by atoms with Gasteiger partial charge in [-0.2, -0.15) is 0 Å². The highest BCUT2D eigenvalue weighted by atomic mass is 28.4. The lowest BCUT2D eigenvalue weighted by molar-refractivity contribution is 0.0735. The summed E-state index contributed by atoms with van der Waals surface area (Å²) in [6.07, 6.45) is 6.55. The van der Waals surface area contributed by atoms with Gasteiger partial charge in [-0.3, -0.25) is 0 Å². The monoisotopic (exact) mass is 348 g/mol. The summed E-state index contributed by atoms with van der Waals surface area (Å²) in [6, 6.07) is 10.3. The second-order valence-electron chi connectivity index (χ2n) is 8.05. The lowest BCUT2D eigenvalue weighted by Crippen LogP contribution is -2.44. The Balaban J connectivity index is 2.47. The summed E-state index contributed by atoms with van der Waals surface area (Å²) in [4.78, 5) is 0. The molecule has 2 nitrogen and oxygen atoms in total. The van der Waals surface area contributed by atoms with Crippen molar-refractivity contribution in [2.24, 2.45) is 0 Å². The van der Waals surface area contributed by atoms with Crippen LogP contribution in [0.2, 0.25) is 18.1 Å². The van der Waals surface area contributed by atoms with E-state index in [-0.39, 0.29) is 5.04 Å². The fraction of sp³-hybridized carbons (Fsp3) is 0.619. The number of ether oxygens (including phenoxy) is 1. The summed E-state index contributed by atoms with van der Waals surface area (Å²) in [5.74, 6) is 0. The second-order valence-corrected chi connectivity index (χ2v) is 12.8. The molecule has 1 atom stereocenters. The van der Waals surface area contributed by atoms with Crippen LogP contribution in [0.4, 0.5) is 0 Å². The van der Waals surface area contributed by atoms with E-state index in [4.69, 9.17) is 9.16 Å². The number of hydrogen-bond donors (Lipinski definition) is 0. The third-order valence-electron chi connectivity index (χ3n) is 4.90. The molecular formula is C21H36O2Si. The van der Waals surface area contributed by atoms with Gasteiger partial charge in [0.2, 0.25) is 0 Å². The Morgan fingerprint density at radius 1 is 1.12 bits per heavy atom. The molecule has 1 aromatic rings. The maximum absolute atomic E-state index is 6.63. The molecule has 0 aromatic heterocycles. The predicted molar refractivity (Wildman–Crippen MR) is 107 cm³/mol. The molecular weight excluding hydrogens is 312 g/mol. The van der Waals surface area contributed by atoms with Crippen molar-refractivity contribution in [3.63, 3.8) is 0 Å². The van der Waals surface area contributed by atoms with Crippen LogP contribution < -0.4 is 0 Å². The molecule has 0 aliphatic carbocycles. The molecule has 0 aliphatic rings. The molecule has 0 N–H and O–H groups in total. The number of allylic oxidation sites excluding steroid dienone is 1. The number of hydrogen-bond acceptors (Lipinski definition) is 2. The second kappa shape index (κ2) is 10.2. The molecule has 3 heteroatoms. The largest absolute Gasteiger partial charge is 0.414 e. The normalized spacial score (nSPS) is 13.7. The van der Waals surface area contributed by atoms with E-state index in [1.807, 2.05) is 12.1 Å². The zero-order chi connectivity index (χ0) is 18.1. The van der Waals surface area contributed by atoms with Gasteiger partial charge < -0.3 is 9.16 Å². The zero-order valence-corrected chi connectivity index (χ0v) is 17.3. The van der Waals surface area contributed by atoms with Gasteiger partial charge in [0, 0.05) is 12.7 Å². The minimum atomic E-state index is -1.73. The summed E-state index contributed by atoms with van der Waals surface area (Å²) in [5, 5.41) is 0.245. The third kappa shape index (κ3) is 7.78. The van der Waals surface area contributed by atoms with Crippen molar-refractivity contribution in [3.05, 3.63) is 48.6 Å². The van der Waals surface area contributed by atoms with Crippen LogP contribution in [0.5, 0.6) is 0 Å². The highest BCUT2D eigenvalue weighted by molar-refractivity contribution is 6.74. The minimum Gasteiger partial charge on any atom is -0.414 e. The summed E-state index contributed by atoms with van der Waals surface area (Å²) in [7, 11) is -1.73. The highest BCUT2D eigenvalue weighted by Gasteiger charge is 2.38. The first kappa shape index (κ1) is 21.1. The zero-order valence-electron chi connectivity index (χ0n) is 16.3. The lowest BCUT2D eigenvalue weighted by atomic mass is 10.1. The Morgan fingerprint density at radius 3 is 2.38 bits per heavy atom. The standard InChI is InChI=1S/C21H36O2Si/c1-7-8-10-15-20(23-24(5,6)21(2,3)4)16-17-22-18-19-13-11-9-12-14-19/h7,9,11-14,20H,1,8,10,15-18H2,2-6H3/t20-/m0/s1. The van der Waals surface area contributed by atoms with Crippen molar-refractivity contribution in [2.75, 3.05) is 6.61 Å². The van der Waals surface area contributed by atoms with Crippen LogP contribution in [0, 0.1) is 0 Å². The summed E-state index contributed by atoms with van der Waals surface area (Å²) >= 11 is 0. The van der Waals surface area contributed by atoms with Gasteiger partial charge in [0.1, 0.15) is 0 Å². The lowest BCUT2D eigenvalue weighted by Gasteiger charge is -2.39. The van der Waals surface area contributed by atoms with Crippen LogP contribution in [0.3, 0.4) is 0 Å². The van der Waals surface area contributed by atoms with E-state index in [9.17, 15) is 0 Å². The average Bonchev–Trinajstić information content (AvgIpc) is 2.51. The maximum Gasteiger partial charge on any atom is 0.192 e. The molecule has 0 saturated heterocycles. The fourth-order valence-electron chi connectivity index (χ4n) is 2.32. The Hall–Kier alpha value is -0.903. The molecule has 0 fully saturated rings. The van der Waals surface area contributed by atoms with E-state index in [0.717, 1.165) is 32.3 Å². The van der Waals surface area contributed by atoms with Crippen LogP contribution in [0.25, 0.3) is 0 Å². The Kier molecular flexibility index (Phi) is 8.96. The Morgan fingerprint density at radius 2 is 1.79 bits per heavy atom. The van der Waals surface area contributed by atoms with Crippen LogP contribution in [-0.2, 0) is 15.8 Å². The smallest absolute Gasteiger partial charge is 0.192 e. The van der Waals surface area contributed by atoms with Gasteiger partial charge in [0.15, 0.2) is 8.32 Å². The van der Waals surface area contributed by atoms with Crippen molar-refractivity contribution >= 4 is 8.32 Å². The van der Waals surface area contributed by atoms with Crippen molar-refractivity contribution in [1.29, 1.82) is 0 Å². The molecule has 0 unspecified atom stereocenters. The number of benzene rings is 1. The molecule has 0 radical (unpaired) electrons. The van der Waals surface area contributed by atoms with Crippen molar-refractivity contribution in [3.8, 4) is 0 Å². The first-order valence-electron chi connectivity index (χ1n) is 9.16. The molecule has 24 heavy (non-hydrogen) atoms. The van der Waals surface area contributed by atoms with Gasteiger partial charge in [0.25, 0.3) is 0 Å². The molecule has 0 amide bonds. The van der Waals surface area contributed by atoms with Gasteiger partial charge in [-0.1, -0.05) is 57.2 Å². The number of unbranched alkanes of at least 4 members (excludes halogenated alkanes) is 1. The number of rotatable bonds is 11. The van der Waals surface area contributed by atoms with Crippen molar-refractivity contribution in [2.45, 2.75) is 77.3 Å². The summed E-state index contributed by atoms with van der Waals surface area (Å²) in [6.45, 7) is 16.8. The minimum absolute atomic E-state index is 0.245. The molecule has 0 heterocycles. The topological polar surface area (TPSA) is 18.5 Å². The van der Waals surface area contributed by atoms with Gasteiger partial charge in [-0.15, -0.1) is 6.58 Å². The molecule has 136 valence electrons. The van der Waals surface area contributed by atoms with Crippen molar-refractivity contribution in [1.82, 2.24) is 0 Å². The van der Waals surface area contributed by atoms with Gasteiger partial charge in [0.05, 0.1) is 6.61 Å². The molecule has 0 bridgehead atoms. The summed E-state index contributed by atoms with van der Waals surface area (Å²) in [5.41, 5.74) is 1.23. The van der Waals surface area contributed by atoms with E-state index in [0.29, 0.717) is 12.7 Å². The predicted octanol–water partition coefficient (Wildman–Crippen LogP) is 6.34. The summed E-state index contributed by atoms with van der Waals surface area (Å²) < 4.78 is 12.5. The van der Waals surface area contributed by atoms with E-state index < -0.39 is 8.32 Å². The Labute approximate surface area is 150 Å². The van der Waals surface area contributed by atoms with Crippen LogP contribution in [0.1, 0.15) is 52.0 Å². The molecule has 0 spiro atoms. The van der Waals surface area contributed by atoms with Crippen LogP contribution >= 0.6 is 0 Å². The fourth-order valence-corrected chi connectivity index (χ4v) is 3.75. The molecule has 0 aliphatic heterocycles. The van der Waals surface area contributed by atoms with Crippen LogP contribution in [-0.4, -0.2) is 21.0 Å². The maximum atomic E-state index is 6.63. The third-order valence-corrected chi connectivity index (χ3v) is 9.43. The van der Waals surface area contributed by atoms with Gasteiger partial charge >= 0.3 is 0 Å². The first-order chi connectivity index (χ1) is 11.3.